The summed E-state index contributed by atoms with van der Waals surface area (Å²) < 4.78 is 64.1. The first-order valence-corrected chi connectivity index (χ1v) is 13.8. The standard InChI is InChI=1S/C26H26F3N7O2S/c27-26(28,29)19-13-18-16-33-25(34-20-4-6-21(7-5-20)39(30,37)38)35-24(18)22(14-19)17-3-8-23(32-15-17)31-9-12-36-10-1-2-11-36/h3-8,13-16H,1-2,9-12H2,(H,31,32)(H2,30,37,38)(H,33,34,35). The van der Waals surface area contributed by atoms with Crippen LogP contribution in [0.1, 0.15) is 18.4 Å². The Morgan fingerprint density at radius 1 is 0.974 bits per heavy atom. The summed E-state index contributed by atoms with van der Waals surface area (Å²) in [6, 6.07) is 11.1. The van der Waals surface area contributed by atoms with Gasteiger partial charge >= 0.3 is 6.18 Å². The number of alkyl halides is 3. The molecule has 1 aliphatic heterocycles. The molecule has 0 amide bonds. The number of anilines is 3. The number of halogens is 3. The van der Waals surface area contributed by atoms with Crippen molar-refractivity contribution in [1.29, 1.82) is 0 Å². The molecule has 0 radical (unpaired) electrons. The molecule has 4 aromatic rings. The number of aromatic nitrogens is 3. The lowest BCUT2D eigenvalue weighted by atomic mass is 10.0. The lowest BCUT2D eigenvalue weighted by molar-refractivity contribution is -0.137. The van der Waals surface area contributed by atoms with E-state index in [9.17, 15) is 21.6 Å². The van der Waals surface area contributed by atoms with Crippen LogP contribution in [0.2, 0.25) is 0 Å². The maximum Gasteiger partial charge on any atom is 0.416 e. The van der Waals surface area contributed by atoms with Crippen molar-refractivity contribution >= 4 is 38.4 Å². The summed E-state index contributed by atoms with van der Waals surface area (Å²) in [6.07, 6.45) is 0.695. The summed E-state index contributed by atoms with van der Waals surface area (Å²) in [5.74, 6) is 0.758. The number of fused-ring (bicyclic) bond motifs is 1. The highest BCUT2D eigenvalue weighted by Crippen LogP contribution is 2.37. The average molecular weight is 558 g/mol. The van der Waals surface area contributed by atoms with Crippen LogP contribution in [0.15, 0.2) is 65.8 Å². The largest absolute Gasteiger partial charge is 0.416 e. The van der Waals surface area contributed by atoms with E-state index in [4.69, 9.17) is 5.14 Å². The Morgan fingerprint density at radius 2 is 1.72 bits per heavy atom. The fraction of sp³-hybridized carbons (Fsp3) is 0.269. The number of nitrogens with one attached hydrogen (secondary N) is 2. The number of nitrogens with zero attached hydrogens (tertiary/aromatic N) is 4. The van der Waals surface area contributed by atoms with E-state index in [0.717, 1.165) is 38.3 Å². The van der Waals surface area contributed by atoms with E-state index in [1.165, 1.54) is 49.5 Å². The number of primary sulfonamides is 1. The van der Waals surface area contributed by atoms with Gasteiger partial charge in [0.1, 0.15) is 5.82 Å². The minimum atomic E-state index is -4.56. The smallest absolute Gasteiger partial charge is 0.369 e. The van der Waals surface area contributed by atoms with Crippen LogP contribution < -0.4 is 15.8 Å². The number of benzene rings is 2. The van der Waals surface area contributed by atoms with Crippen molar-refractivity contribution in [2.24, 2.45) is 5.14 Å². The van der Waals surface area contributed by atoms with Crippen LogP contribution in [-0.2, 0) is 16.2 Å². The molecule has 204 valence electrons. The highest BCUT2D eigenvalue weighted by molar-refractivity contribution is 7.89. The molecule has 0 spiro atoms. The normalized spacial score (nSPS) is 14.6. The van der Waals surface area contributed by atoms with Gasteiger partial charge in [-0.1, -0.05) is 0 Å². The van der Waals surface area contributed by atoms with E-state index in [1.54, 1.807) is 12.1 Å². The number of sulfonamides is 1. The third-order valence-corrected chi connectivity index (χ3v) is 7.39. The number of hydrogen-bond donors (Lipinski definition) is 3. The minimum Gasteiger partial charge on any atom is -0.369 e. The lowest BCUT2D eigenvalue weighted by Gasteiger charge is -2.15. The lowest BCUT2D eigenvalue weighted by Crippen LogP contribution is -2.26. The molecular formula is C26H26F3N7O2S. The zero-order valence-electron chi connectivity index (χ0n) is 20.7. The van der Waals surface area contributed by atoms with Gasteiger partial charge in [-0.05, 0) is 74.5 Å². The molecule has 0 atom stereocenters. The molecule has 3 heterocycles. The van der Waals surface area contributed by atoms with Gasteiger partial charge in [-0.25, -0.2) is 28.5 Å². The highest BCUT2D eigenvalue weighted by Gasteiger charge is 2.32. The van der Waals surface area contributed by atoms with Crippen LogP contribution in [0.4, 0.5) is 30.6 Å². The van der Waals surface area contributed by atoms with Crippen LogP contribution in [0.5, 0.6) is 0 Å². The summed E-state index contributed by atoms with van der Waals surface area (Å²) in [5.41, 5.74) is 0.685. The zero-order chi connectivity index (χ0) is 27.6. The second kappa shape index (κ2) is 10.8. The van der Waals surface area contributed by atoms with Crippen LogP contribution in [0.25, 0.3) is 22.0 Å². The first-order chi connectivity index (χ1) is 18.6. The molecule has 4 N–H and O–H groups in total. The number of rotatable bonds is 8. The summed E-state index contributed by atoms with van der Waals surface area (Å²) in [7, 11) is -3.85. The molecule has 5 rings (SSSR count). The fourth-order valence-electron chi connectivity index (χ4n) is 4.45. The molecule has 0 bridgehead atoms. The second-order valence-corrected chi connectivity index (χ2v) is 10.8. The average Bonchev–Trinajstić information content (AvgIpc) is 3.41. The Labute approximate surface area is 223 Å². The van der Waals surface area contributed by atoms with E-state index in [1.807, 2.05) is 0 Å². The molecule has 0 saturated carbocycles. The summed E-state index contributed by atoms with van der Waals surface area (Å²) >= 11 is 0. The SMILES string of the molecule is NS(=O)(=O)c1ccc(Nc2ncc3cc(C(F)(F)F)cc(-c4ccc(NCCN5CCCC5)nc4)c3n2)cc1. The molecular weight excluding hydrogens is 531 g/mol. The molecule has 0 aliphatic carbocycles. The maximum absolute atomic E-state index is 13.7. The molecule has 1 fully saturated rings. The Hall–Kier alpha value is -3.81. The van der Waals surface area contributed by atoms with Crippen molar-refractivity contribution in [3.05, 3.63) is 66.5 Å². The van der Waals surface area contributed by atoms with Gasteiger partial charge in [0.2, 0.25) is 16.0 Å². The molecule has 0 unspecified atom stereocenters. The van der Waals surface area contributed by atoms with Gasteiger partial charge in [0.15, 0.2) is 0 Å². The Kier molecular flexibility index (Phi) is 7.38. The number of hydrogen-bond acceptors (Lipinski definition) is 8. The zero-order valence-corrected chi connectivity index (χ0v) is 21.6. The van der Waals surface area contributed by atoms with E-state index in [2.05, 4.69) is 30.5 Å². The van der Waals surface area contributed by atoms with Crippen LogP contribution >= 0.6 is 0 Å². The van der Waals surface area contributed by atoms with Crippen molar-refractivity contribution in [2.45, 2.75) is 23.9 Å². The predicted molar refractivity (Wildman–Crippen MR) is 143 cm³/mol. The van der Waals surface area contributed by atoms with Crippen LogP contribution in [0, 0.1) is 0 Å². The Balaban J connectivity index is 1.43. The first-order valence-electron chi connectivity index (χ1n) is 12.3. The van der Waals surface area contributed by atoms with Gasteiger partial charge in [-0.3, -0.25) is 0 Å². The minimum absolute atomic E-state index is 0.0593. The number of likely N-dealkylation sites (tertiary alicyclic amines) is 1. The van der Waals surface area contributed by atoms with E-state index in [-0.39, 0.29) is 21.8 Å². The topological polar surface area (TPSA) is 126 Å². The molecule has 2 aromatic heterocycles. The monoisotopic (exact) mass is 557 g/mol. The molecule has 1 saturated heterocycles. The van der Waals surface area contributed by atoms with Gasteiger partial charge in [-0.15, -0.1) is 0 Å². The van der Waals surface area contributed by atoms with Crippen LogP contribution in [0.3, 0.4) is 0 Å². The second-order valence-electron chi connectivity index (χ2n) is 9.26. The van der Waals surface area contributed by atoms with Crippen molar-refractivity contribution < 1.29 is 21.6 Å². The van der Waals surface area contributed by atoms with Gasteiger partial charge in [-0.2, -0.15) is 13.2 Å². The van der Waals surface area contributed by atoms with Gasteiger partial charge < -0.3 is 15.5 Å². The fourth-order valence-corrected chi connectivity index (χ4v) is 4.97. The molecule has 1 aliphatic rings. The molecule has 9 nitrogen and oxygen atoms in total. The van der Waals surface area contributed by atoms with Crippen molar-refractivity contribution in [3.63, 3.8) is 0 Å². The molecule has 13 heteroatoms. The summed E-state index contributed by atoms with van der Waals surface area (Å²) in [4.78, 5) is 15.3. The Bertz CT molecular complexity index is 1570. The maximum atomic E-state index is 13.7. The number of nitrogens with two attached hydrogens (primary N) is 1. The predicted octanol–water partition coefficient (Wildman–Crippen LogP) is 4.61. The molecule has 2 aromatic carbocycles. The van der Waals surface area contributed by atoms with Crippen molar-refractivity contribution in [3.8, 4) is 11.1 Å². The van der Waals surface area contributed by atoms with Crippen molar-refractivity contribution in [1.82, 2.24) is 19.9 Å². The first kappa shape index (κ1) is 26.8. The van der Waals surface area contributed by atoms with Gasteiger partial charge in [0.25, 0.3) is 0 Å². The third-order valence-electron chi connectivity index (χ3n) is 6.46. The van der Waals surface area contributed by atoms with Gasteiger partial charge in [0.05, 0.1) is 16.0 Å². The summed E-state index contributed by atoms with van der Waals surface area (Å²) in [6.45, 7) is 3.81. The van der Waals surface area contributed by atoms with E-state index >= 15 is 0 Å². The number of pyridine rings is 1. The quantitative estimate of drug-likeness (QED) is 0.287. The summed E-state index contributed by atoms with van der Waals surface area (Å²) in [5, 5.41) is 11.5. The van der Waals surface area contributed by atoms with E-state index < -0.39 is 21.8 Å². The molecule has 39 heavy (non-hydrogen) atoms. The van der Waals surface area contributed by atoms with Crippen molar-refractivity contribution in [2.75, 3.05) is 36.8 Å². The highest BCUT2D eigenvalue weighted by atomic mass is 32.2. The Morgan fingerprint density at radius 3 is 2.36 bits per heavy atom. The van der Waals surface area contributed by atoms with Crippen LogP contribution in [-0.4, -0.2) is 54.4 Å². The third kappa shape index (κ3) is 6.44. The van der Waals surface area contributed by atoms with Gasteiger partial charge in [0, 0.05) is 47.7 Å². The van der Waals surface area contributed by atoms with E-state index in [0.29, 0.717) is 22.6 Å².